The van der Waals surface area contributed by atoms with Crippen LogP contribution in [0.15, 0.2) is 18.2 Å². The lowest BCUT2D eigenvalue weighted by molar-refractivity contribution is -0.132. The molecule has 4 fully saturated rings. The molecule has 1 aromatic rings. The van der Waals surface area contributed by atoms with Crippen LogP contribution in [0.3, 0.4) is 0 Å². The lowest BCUT2D eigenvalue weighted by atomic mass is 9.68. The van der Waals surface area contributed by atoms with Gasteiger partial charge in [-0.25, -0.2) is 4.39 Å². The lowest BCUT2D eigenvalue weighted by Crippen LogP contribution is -2.50. The highest BCUT2D eigenvalue weighted by Crippen LogP contribution is 2.45. The Morgan fingerprint density at radius 2 is 1.74 bits per heavy atom. The average molecular weight is 450 g/mol. The first-order chi connectivity index (χ1) is 14.6. The van der Waals surface area contributed by atoms with Crippen molar-refractivity contribution in [3.63, 3.8) is 0 Å². The van der Waals surface area contributed by atoms with Crippen LogP contribution in [0.1, 0.15) is 71.1 Å². The molecule has 172 valence electrons. The van der Waals surface area contributed by atoms with Crippen LogP contribution in [0.2, 0.25) is 0 Å². The van der Waals surface area contributed by atoms with Crippen LogP contribution >= 0.6 is 12.4 Å². The van der Waals surface area contributed by atoms with Gasteiger partial charge in [0.05, 0.1) is 5.69 Å². The lowest BCUT2D eigenvalue weighted by Gasteiger charge is -2.44. The molecule has 0 aromatic heterocycles. The quantitative estimate of drug-likeness (QED) is 0.619. The summed E-state index contributed by atoms with van der Waals surface area (Å²) in [5.74, 6) is -0.0731. The fourth-order valence-electron chi connectivity index (χ4n) is 6.65. The summed E-state index contributed by atoms with van der Waals surface area (Å²) in [7, 11) is 0. The Morgan fingerprint density at radius 1 is 0.968 bits per heavy atom. The molecule has 0 N–H and O–H groups in total. The molecule has 6 heteroatoms. The van der Waals surface area contributed by atoms with E-state index < -0.39 is 0 Å². The third-order valence-corrected chi connectivity index (χ3v) is 8.37. The van der Waals surface area contributed by atoms with Gasteiger partial charge >= 0.3 is 0 Å². The van der Waals surface area contributed by atoms with Gasteiger partial charge in [0.25, 0.3) is 0 Å². The summed E-state index contributed by atoms with van der Waals surface area (Å²) in [5, 5.41) is 0. The Hall–Kier alpha value is -1.33. The van der Waals surface area contributed by atoms with Crippen LogP contribution in [0.25, 0.3) is 0 Å². The molecule has 2 atom stereocenters. The number of nitrogens with zero attached hydrogens (tertiary/aromatic N) is 3. The van der Waals surface area contributed by atoms with Gasteiger partial charge in [0.15, 0.2) is 0 Å². The molecule has 5 rings (SSSR count). The van der Waals surface area contributed by atoms with E-state index in [1.54, 1.807) is 11.0 Å². The van der Waals surface area contributed by atoms with Crippen LogP contribution in [0, 0.1) is 11.2 Å². The van der Waals surface area contributed by atoms with Crippen LogP contribution in [-0.4, -0.2) is 49.1 Å². The van der Waals surface area contributed by atoms with Crippen molar-refractivity contribution < 1.29 is 9.18 Å². The zero-order chi connectivity index (χ0) is 20.7. The molecular formula is C25H37ClFN3O. The topological polar surface area (TPSA) is 26.8 Å². The zero-order valence-electron chi connectivity index (χ0n) is 18.8. The number of hydrogen-bond donors (Lipinski definition) is 0. The summed E-state index contributed by atoms with van der Waals surface area (Å²) in [4.78, 5) is 20.1. The SMILES string of the molecule is C[C@H]1CCCN1[C@H]1CCN(c2ccc(N3CCCC4(CCCCC4)C3=O)c(F)c2)C1.Cl. The predicted molar refractivity (Wildman–Crippen MR) is 127 cm³/mol. The normalized spacial score (nSPS) is 28.9. The van der Waals surface area contributed by atoms with Crippen molar-refractivity contribution in [1.82, 2.24) is 4.90 Å². The standard InChI is InChI=1S/C25H36FN3O.ClH/c1-19-7-5-14-28(19)21-10-16-27(18-21)20-8-9-23(22(26)17-20)29-15-6-13-25(24(29)30)11-3-2-4-12-25;/h8-9,17,19,21H,2-7,10-16,18H2,1H3;1H/t19-,21-;/m0./s1. The van der Waals surface area contributed by atoms with Gasteiger partial charge in [0, 0.05) is 42.8 Å². The monoisotopic (exact) mass is 449 g/mol. The highest BCUT2D eigenvalue weighted by Gasteiger charge is 2.45. The number of carbonyl (C=O) groups is 1. The number of hydrogen-bond acceptors (Lipinski definition) is 3. The van der Waals surface area contributed by atoms with E-state index in [0.717, 1.165) is 63.7 Å². The fraction of sp³-hybridized carbons (Fsp3) is 0.720. The molecule has 1 aliphatic carbocycles. The Morgan fingerprint density at radius 3 is 2.45 bits per heavy atom. The predicted octanol–water partition coefficient (Wildman–Crippen LogP) is 5.39. The second kappa shape index (κ2) is 9.27. The molecule has 4 aliphatic rings. The van der Waals surface area contributed by atoms with Gasteiger partial charge in [-0.1, -0.05) is 19.3 Å². The smallest absolute Gasteiger partial charge is 0.233 e. The van der Waals surface area contributed by atoms with Crippen LogP contribution in [0.4, 0.5) is 15.8 Å². The first-order valence-electron chi connectivity index (χ1n) is 12.2. The largest absolute Gasteiger partial charge is 0.370 e. The number of anilines is 2. The maximum absolute atomic E-state index is 15.2. The molecule has 31 heavy (non-hydrogen) atoms. The summed E-state index contributed by atoms with van der Waals surface area (Å²) in [6, 6.07) is 6.81. The van der Waals surface area contributed by atoms with Crippen LogP contribution in [0.5, 0.6) is 0 Å². The van der Waals surface area contributed by atoms with Crippen LogP contribution in [-0.2, 0) is 4.79 Å². The van der Waals surface area contributed by atoms with Crippen LogP contribution < -0.4 is 9.80 Å². The van der Waals surface area contributed by atoms with E-state index in [9.17, 15) is 4.79 Å². The maximum Gasteiger partial charge on any atom is 0.233 e. The number of halogens is 2. The molecule has 1 amide bonds. The number of rotatable bonds is 3. The molecule has 1 saturated carbocycles. The molecule has 3 heterocycles. The van der Waals surface area contributed by atoms with Gasteiger partial charge < -0.3 is 9.80 Å². The summed E-state index contributed by atoms with van der Waals surface area (Å²) in [6.45, 7) is 6.15. The van der Waals surface area contributed by atoms with E-state index in [1.165, 1.54) is 25.8 Å². The van der Waals surface area contributed by atoms with Crippen molar-refractivity contribution in [2.24, 2.45) is 5.41 Å². The summed E-state index contributed by atoms with van der Waals surface area (Å²) in [6.07, 6.45) is 11.2. The van der Waals surface area contributed by atoms with Crippen molar-refractivity contribution in [2.45, 2.75) is 83.2 Å². The Bertz CT molecular complexity index is 791. The average Bonchev–Trinajstić information content (AvgIpc) is 3.40. The molecular weight excluding hydrogens is 413 g/mol. The minimum atomic E-state index is -0.244. The number of carbonyl (C=O) groups excluding carboxylic acids is 1. The summed E-state index contributed by atoms with van der Waals surface area (Å²) >= 11 is 0. The Kier molecular flexibility index (Phi) is 6.83. The van der Waals surface area contributed by atoms with E-state index in [2.05, 4.69) is 16.7 Å². The van der Waals surface area contributed by atoms with Gasteiger partial charge in [0.2, 0.25) is 5.91 Å². The van der Waals surface area contributed by atoms with Crippen molar-refractivity contribution in [2.75, 3.05) is 36.0 Å². The molecule has 4 nitrogen and oxygen atoms in total. The molecule has 1 aromatic carbocycles. The number of piperidine rings is 1. The number of benzene rings is 1. The Labute approximate surface area is 192 Å². The van der Waals surface area contributed by atoms with Crippen molar-refractivity contribution in [3.8, 4) is 0 Å². The summed E-state index contributed by atoms with van der Waals surface area (Å²) < 4.78 is 15.2. The van der Waals surface area contributed by atoms with E-state index >= 15 is 4.39 Å². The highest BCUT2D eigenvalue weighted by atomic mass is 35.5. The minimum absolute atomic E-state index is 0. The van der Waals surface area contributed by atoms with Gasteiger partial charge in [-0.3, -0.25) is 9.69 Å². The van der Waals surface area contributed by atoms with E-state index in [4.69, 9.17) is 0 Å². The van der Waals surface area contributed by atoms with E-state index in [0.29, 0.717) is 24.3 Å². The zero-order valence-corrected chi connectivity index (χ0v) is 19.6. The second-order valence-electron chi connectivity index (χ2n) is 10.2. The maximum atomic E-state index is 15.2. The molecule has 0 unspecified atom stereocenters. The van der Waals surface area contributed by atoms with E-state index in [-0.39, 0.29) is 29.5 Å². The number of likely N-dealkylation sites (tertiary alicyclic amines) is 1. The minimum Gasteiger partial charge on any atom is -0.370 e. The first-order valence-corrected chi connectivity index (χ1v) is 12.2. The fourth-order valence-corrected chi connectivity index (χ4v) is 6.65. The Balaban J connectivity index is 0.00000231. The first kappa shape index (κ1) is 22.8. The summed E-state index contributed by atoms with van der Waals surface area (Å²) in [5.41, 5.74) is 1.22. The molecule has 3 saturated heterocycles. The van der Waals surface area contributed by atoms with Crippen molar-refractivity contribution >= 4 is 29.7 Å². The third kappa shape index (κ3) is 4.20. The van der Waals surface area contributed by atoms with Gasteiger partial charge in [-0.15, -0.1) is 12.4 Å². The van der Waals surface area contributed by atoms with Gasteiger partial charge in [0.1, 0.15) is 5.82 Å². The van der Waals surface area contributed by atoms with Crippen molar-refractivity contribution in [3.05, 3.63) is 24.0 Å². The third-order valence-electron chi connectivity index (χ3n) is 8.37. The molecule has 0 bridgehead atoms. The van der Waals surface area contributed by atoms with Gasteiger partial charge in [-0.2, -0.15) is 0 Å². The van der Waals surface area contributed by atoms with E-state index in [1.807, 2.05) is 12.1 Å². The molecule has 3 aliphatic heterocycles. The number of amides is 1. The highest BCUT2D eigenvalue weighted by molar-refractivity contribution is 5.98. The molecule has 1 spiro atoms. The van der Waals surface area contributed by atoms with Crippen molar-refractivity contribution in [1.29, 1.82) is 0 Å². The van der Waals surface area contributed by atoms with Gasteiger partial charge in [-0.05, 0) is 76.6 Å². The second-order valence-corrected chi connectivity index (χ2v) is 10.2. The molecule has 0 radical (unpaired) electrons.